The second-order valence-corrected chi connectivity index (χ2v) is 21.3. The lowest BCUT2D eigenvalue weighted by molar-refractivity contribution is -0.146. The molecular weight excluding hydrogens is 1360 g/mol. The summed E-state index contributed by atoms with van der Waals surface area (Å²) in [6, 6.07) is 58.3. The van der Waals surface area contributed by atoms with Crippen molar-refractivity contribution in [1.29, 1.82) is 0 Å². The highest BCUT2D eigenvalue weighted by atomic mass is 79.9. The summed E-state index contributed by atoms with van der Waals surface area (Å²) < 4.78 is 36.2. The van der Waals surface area contributed by atoms with Crippen LogP contribution in [-0.4, -0.2) is 99.5 Å². The third kappa shape index (κ3) is 16.8. The number of carbonyl (C=O) groups is 3. The summed E-state index contributed by atoms with van der Waals surface area (Å²) >= 11 is 10.1. The summed E-state index contributed by atoms with van der Waals surface area (Å²) in [5.74, 6) is -0.630. The minimum atomic E-state index is -1.19. The number of carboxylic acids is 3. The predicted octanol–water partition coefficient (Wildman–Crippen LogP) is 15.7. The number of hydrogen-bond acceptors (Lipinski definition) is 15. The van der Waals surface area contributed by atoms with Crippen molar-refractivity contribution in [3.05, 3.63) is 230 Å². The van der Waals surface area contributed by atoms with Crippen molar-refractivity contribution in [2.75, 3.05) is 21.3 Å². The van der Waals surface area contributed by atoms with Gasteiger partial charge in [0.05, 0.1) is 21.3 Å². The Morgan fingerprint density at radius 1 is 0.341 bits per heavy atom. The highest BCUT2D eigenvalue weighted by Crippen LogP contribution is 2.36. The van der Waals surface area contributed by atoms with E-state index in [1.54, 1.807) is 149 Å². The van der Waals surface area contributed by atoms with Gasteiger partial charge in [0.15, 0.2) is 0 Å². The fourth-order valence-electron chi connectivity index (χ4n) is 8.62. The quantitative estimate of drug-likeness (QED) is 0.0721. The Balaban J connectivity index is 0.000000212. The minimum Gasteiger partial charge on any atom is -0.497 e. The molecule has 0 fully saturated rings. The van der Waals surface area contributed by atoms with E-state index in [4.69, 9.17) is 28.4 Å². The molecule has 3 heterocycles. The maximum Gasteiger partial charge on any atom is 0.349 e. The molecule has 0 radical (unpaired) electrons. The Morgan fingerprint density at radius 3 is 0.736 bits per heavy atom. The van der Waals surface area contributed by atoms with Crippen LogP contribution in [0.4, 0.5) is 0 Å². The lowest BCUT2D eigenvalue weighted by Gasteiger charge is -2.18. The molecule has 470 valence electrons. The second kappa shape index (κ2) is 31.8. The lowest BCUT2D eigenvalue weighted by Crippen LogP contribution is -2.19. The fourth-order valence-corrected chi connectivity index (χ4v) is 9.41. The molecule has 0 aliphatic heterocycles. The Labute approximate surface area is 549 Å². The van der Waals surface area contributed by atoms with Gasteiger partial charge in [0.25, 0.3) is 0 Å². The van der Waals surface area contributed by atoms with Crippen molar-refractivity contribution in [3.8, 4) is 51.6 Å². The SMILES string of the molecule is C.C.C.C.COc1ccc(OC(C(=O)O)c2ccc(Br)cc2)c(-n2nc3ccccc3n2)c1.COc1ccc(OC(C(=O)O)c2ccc(Br)cc2)c(-n2nc3ccccc3n2)c1.COc1ccc(OC(C(=O)O)c2ccc(Br)cc2)c(-n2nc3ccccc3n2)c1. The van der Waals surface area contributed by atoms with E-state index < -0.39 is 36.2 Å². The predicted molar refractivity (Wildman–Crippen MR) is 359 cm³/mol. The van der Waals surface area contributed by atoms with E-state index in [-0.39, 0.29) is 29.7 Å². The standard InChI is InChI=1S/3C21H16BrN3O4.4CH4/c3*1-28-15-10-11-19(29-20(21(26)27)13-6-8-14(22)9-7-13)18(12-15)25-23-16-4-2-3-5-17(16)24-25;;;;/h3*2-12,20H,1H3,(H,26,27);4*1H4. The first-order chi connectivity index (χ1) is 42.1. The summed E-state index contributed by atoms with van der Waals surface area (Å²) in [6.07, 6.45) is -3.58. The van der Waals surface area contributed by atoms with Crippen LogP contribution in [0, 0.1) is 0 Å². The third-order valence-electron chi connectivity index (χ3n) is 12.9. The Kier molecular flexibility index (Phi) is 24.5. The molecule has 3 aromatic heterocycles. The molecule has 24 heteroatoms. The first-order valence-electron chi connectivity index (χ1n) is 26.1. The summed E-state index contributed by atoms with van der Waals surface area (Å²) in [4.78, 5) is 40.0. The first kappa shape index (κ1) is 69.9. The highest BCUT2D eigenvalue weighted by Gasteiger charge is 2.28. The van der Waals surface area contributed by atoms with Gasteiger partial charge in [0.1, 0.15) is 84.7 Å². The van der Waals surface area contributed by atoms with Gasteiger partial charge in [-0.15, -0.1) is 45.0 Å². The zero-order valence-electron chi connectivity index (χ0n) is 46.0. The number of aromatic nitrogens is 9. The summed E-state index contributed by atoms with van der Waals surface area (Å²) in [5.41, 5.74) is 7.24. The average Bonchev–Trinajstić information content (AvgIpc) is 1.82. The van der Waals surface area contributed by atoms with Gasteiger partial charge in [-0.05, 0) is 109 Å². The molecule has 0 bridgehead atoms. The average molecular weight is 1430 g/mol. The zero-order valence-corrected chi connectivity index (χ0v) is 50.7. The number of fused-ring (bicyclic) bond motifs is 3. The van der Waals surface area contributed by atoms with Gasteiger partial charge in [-0.3, -0.25) is 0 Å². The van der Waals surface area contributed by atoms with Gasteiger partial charge in [-0.25, -0.2) is 14.4 Å². The van der Waals surface area contributed by atoms with Crippen molar-refractivity contribution in [2.24, 2.45) is 0 Å². The minimum absolute atomic E-state index is 0. The third-order valence-corrected chi connectivity index (χ3v) is 14.5. The van der Waals surface area contributed by atoms with Gasteiger partial charge < -0.3 is 43.7 Å². The van der Waals surface area contributed by atoms with Crippen LogP contribution in [0.15, 0.2) is 214 Å². The molecule has 9 aromatic carbocycles. The molecule has 0 saturated carbocycles. The smallest absolute Gasteiger partial charge is 0.349 e. The summed E-state index contributed by atoms with van der Waals surface area (Å²) in [7, 11) is 4.65. The molecule has 12 aromatic rings. The molecule has 0 saturated heterocycles. The molecule has 12 rings (SSSR count). The first-order valence-corrected chi connectivity index (χ1v) is 28.5. The van der Waals surface area contributed by atoms with E-state index in [1.807, 2.05) is 72.8 Å². The van der Waals surface area contributed by atoms with E-state index in [2.05, 4.69) is 78.4 Å². The number of methoxy groups -OCH3 is 3. The highest BCUT2D eigenvalue weighted by molar-refractivity contribution is 9.11. The molecule has 3 N–H and O–H groups in total. The monoisotopic (exact) mass is 1420 g/mol. The van der Waals surface area contributed by atoms with Crippen LogP contribution >= 0.6 is 47.8 Å². The normalized spacial score (nSPS) is 11.4. The van der Waals surface area contributed by atoms with E-state index >= 15 is 0 Å². The number of nitrogens with zero attached hydrogens (tertiary/aromatic N) is 9. The van der Waals surface area contributed by atoms with Gasteiger partial charge in [-0.1, -0.05) is 150 Å². The van der Waals surface area contributed by atoms with Crippen LogP contribution in [0.5, 0.6) is 34.5 Å². The van der Waals surface area contributed by atoms with E-state index in [0.717, 1.165) is 13.4 Å². The Bertz CT molecular complexity index is 3870. The molecular formula is C67H64Br3N9O12. The number of rotatable bonds is 18. The van der Waals surface area contributed by atoms with Crippen molar-refractivity contribution in [2.45, 2.75) is 48.0 Å². The lowest BCUT2D eigenvalue weighted by atomic mass is 10.1. The van der Waals surface area contributed by atoms with Crippen LogP contribution in [0.25, 0.3) is 50.2 Å². The van der Waals surface area contributed by atoms with Crippen LogP contribution in [0.2, 0.25) is 0 Å². The van der Waals surface area contributed by atoms with E-state index in [1.165, 1.54) is 14.4 Å². The molecule has 91 heavy (non-hydrogen) atoms. The Morgan fingerprint density at radius 2 is 0.549 bits per heavy atom. The molecule has 3 unspecified atom stereocenters. The maximum absolute atomic E-state index is 11.9. The molecule has 0 aliphatic rings. The van der Waals surface area contributed by atoms with Crippen molar-refractivity contribution < 1.29 is 58.1 Å². The maximum atomic E-state index is 11.9. The van der Waals surface area contributed by atoms with Crippen LogP contribution < -0.4 is 28.4 Å². The number of aliphatic carboxylic acids is 3. The number of hydrogen-bond donors (Lipinski definition) is 3. The largest absolute Gasteiger partial charge is 0.497 e. The van der Waals surface area contributed by atoms with Crippen molar-refractivity contribution in [1.82, 2.24) is 45.0 Å². The van der Waals surface area contributed by atoms with Crippen LogP contribution in [0.3, 0.4) is 0 Å². The van der Waals surface area contributed by atoms with Crippen LogP contribution in [-0.2, 0) is 14.4 Å². The Hall–Kier alpha value is -10.2. The molecule has 0 spiro atoms. The van der Waals surface area contributed by atoms with E-state index in [9.17, 15) is 29.7 Å². The summed E-state index contributed by atoms with van der Waals surface area (Å²) in [6.45, 7) is 0. The van der Waals surface area contributed by atoms with Gasteiger partial charge in [-0.2, -0.15) is 0 Å². The number of ether oxygens (including phenoxy) is 6. The molecule has 0 aliphatic carbocycles. The van der Waals surface area contributed by atoms with Crippen molar-refractivity contribution in [3.63, 3.8) is 0 Å². The summed E-state index contributed by atoms with van der Waals surface area (Å²) in [5, 5.41) is 56.0. The number of halogens is 3. The number of carboxylic acid groups (broad SMARTS) is 3. The topological polar surface area (TPSA) is 259 Å². The van der Waals surface area contributed by atoms with Gasteiger partial charge in [0, 0.05) is 48.3 Å². The van der Waals surface area contributed by atoms with Crippen LogP contribution in [0.1, 0.15) is 64.7 Å². The zero-order chi connectivity index (χ0) is 61.1. The molecule has 3 atom stereocenters. The molecule has 0 amide bonds. The van der Waals surface area contributed by atoms with Gasteiger partial charge >= 0.3 is 17.9 Å². The van der Waals surface area contributed by atoms with E-state index in [0.29, 0.717) is 101 Å². The second-order valence-electron chi connectivity index (χ2n) is 18.6. The van der Waals surface area contributed by atoms with Crippen molar-refractivity contribution >= 4 is 98.8 Å². The fraction of sp³-hybridized carbons (Fsp3) is 0.149. The number of benzene rings is 9. The molecule has 21 nitrogen and oxygen atoms in total. The van der Waals surface area contributed by atoms with Gasteiger partial charge in [0.2, 0.25) is 18.3 Å².